The van der Waals surface area contributed by atoms with Crippen molar-refractivity contribution in [2.45, 2.75) is 24.5 Å². The molecule has 0 aliphatic rings. The monoisotopic (exact) mass is 463 g/mol. The number of benzene rings is 1. The highest BCUT2D eigenvalue weighted by Crippen LogP contribution is 2.41. The van der Waals surface area contributed by atoms with E-state index >= 15 is 4.39 Å². The van der Waals surface area contributed by atoms with Crippen LogP contribution < -0.4 is 0 Å². The summed E-state index contributed by atoms with van der Waals surface area (Å²) in [6.07, 6.45) is -4.77. The van der Waals surface area contributed by atoms with Gasteiger partial charge in [0.1, 0.15) is 17.7 Å². The van der Waals surface area contributed by atoms with Crippen LogP contribution in [0.4, 0.5) is 22.0 Å². The third kappa shape index (κ3) is 4.02. The number of rotatable bonds is 5. The highest BCUT2D eigenvalue weighted by molar-refractivity contribution is 9.10. The van der Waals surface area contributed by atoms with Crippen LogP contribution >= 0.6 is 15.9 Å². The largest absolute Gasteiger partial charge is 0.416 e. The highest BCUT2D eigenvalue weighted by Gasteiger charge is 2.44. The van der Waals surface area contributed by atoms with Gasteiger partial charge in [-0.15, -0.1) is 5.10 Å². The molecule has 0 aliphatic heterocycles. The molecule has 2 unspecified atom stereocenters. The van der Waals surface area contributed by atoms with Gasteiger partial charge in [-0.2, -0.15) is 13.2 Å². The summed E-state index contributed by atoms with van der Waals surface area (Å²) in [7, 11) is 0. The number of tetrazole rings is 1. The Hall–Kier alpha value is -2.47. The number of hydrogen-bond acceptors (Lipinski definition) is 5. The zero-order chi connectivity index (χ0) is 20.5. The summed E-state index contributed by atoms with van der Waals surface area (Å²) in [6.45, 7) is -0.665. The SMILES string of the molecule is OC(Cn1cnnn1)(c1ccc(C(F)(F)F)cc1F)C(F)c1ccc(Br)cn1. The summed E-state index contributed by atoms with van der Waals surface area (Å²) < 4.78 is 69.7. The van der Waals surface area contributed by atoms with Crippen molar-refractivity contribution in [2.75, 3.05) is 0 Å². The molecule has 28 heavy (non-hydrogen) atoms. The van der Waals surface area contributed by atoms with Crippen LogP contribution in [0.2, 0.25) is 0 Å². The van der Waals surface area contributed by atoms with Gasteiger partial charge in [0.05, 0.1) is 17.8 Å². The molecule has 148 valence electrons. The summed E-state index contributed by atoms with van der Waals surface area (Å²) >= 11 is 3.13. The first kappa shape index (κ1) is 20.3. The van der Waals surface area contributed by atoms with Crippen molar-refractivity contribution < 1.29 is 27.1 Å². The number of halogens is 6. The van der Waals surface area contributed by atoms with Crippen molar-refractivity contribution in [1.29, 1.82) is 0 Å². The molecule has 3 rings (SSSR count). The molecule has 0 radical (unpaired) electrons. The van der Waals surface area contributed by atoms with Crippen molar-refractivity contribution in [3.63, 3.8) is 0 Å². The normalized spacial score (nSPS) is 15.2. The molecular formula is C16H11BrF5N5O. The van der Waals surface area contributed by atoms with Crippen molar-refractivity contribution in [3.05, 3.63) is 70.0 Å². The lowest BCUT2D eigenvalue weighted by Gasteiger charge is -2.32. The zero-order valence-electron chi connectivity index (χ0n) is 13.8. The summed E-state index contributed by atoms with van der Waals surface area (Å²) in [5.41, 5.74) is -4.84. The number of aromatic nitrogens is 5. The molecule has 1 N–H and O–H groups in total. The van der Waals surface area contributed by atoms with Gasteiger partial charge in [0.2, 0.25) is 0 Å². The number of hydrogen-bond donors (Lipinski definition) is 1. The summed E-state index contributed by atoms with van der Waals surface area (Å²) in [5.74, 6) is -1.43. The van der Waals surface area contributed by atoms with E-state index in [1.807, 2.05) is 0 Å². The van der Waals surface area contributed by atoms with Crippen LogP contribution in [0.3, 0.4) is 0 Å². The van der Waals surface area contributed by atoms with Crippen molar-refractivity contribution in [2.24, 2.45) is 0 Å². The lowest BCUT2D eigenvalue weighted by Crippen LogP contribution is -2.38. The lowest BCUT2D eigenvalue weighted by atomic mass is 9.86. The van der Waals surface area contributed by atoms with E-state index in [1.165, 1.54) is 18.3 Å². The van der Waals surface area contributed by atoms with Crippen LogP contribution in [0.25, 0.3) is 0 Å². The first-order chi connectivity index (χ1) is 13.1. The van der Waals surface area contributed by atoms with Crippen LogP contribution in [-0.2, 0) is 18.3 Å². The standard InChI is InChI=1S/C16H11BrF5N5O/c17-10-2-4-13(23-6-10)14(19)15(28,7-27-8-24-25-26-27)11-3-1-9(5-12(11)18)16(20,21)22/h1-6,8,14,28H,7H2. The van der Waals surface area contributed by atoms with E-state index in [2.05, 4.69) is 36.4 Å². The number of alkyl halides is 4. The van der Waals surface area contributed by atoms with E-state index in [1.54, 1.807) is 0 Å². The van der Waals surface area contributed by atoms with Gasteiger partial charge in [-0.1, -0.05) is 6.07 Å². The number of pyridine rings is 1. The third-order valence-electron chi connectivity index (χ3n) is 3.99. The second kappa shape index (κ2) is 7.51. The maximum atomic E-state index is 15.3. The molecule has 0 amide bonds. The van der Waals surface area contributed by atoms with E-state index in [-0.39, 0.29) is 11.8 Å². The molecular weight excluding hydrogens is 453 g/mol. The number of nitrogens with zero attached hydrogens (tertiary/aromatic N) is 5. The van der Waals surface area contributed by atoms with Gasteiger partial charge in [-0.3, -0.25) is 4.98 Å². The van der Waals surface area contributed by atoms with E-state index in [0.29, 0.717) is 16.6 Å². The molecule has 3 aromatic rings. The van der Waals surface area contributed by atoms with Gasteiger partial charge in [-0.05, 0) is 50.6 Å². The minimum absolute atomic E-state index is 0.196. The summed E-state index contributed by atoms with van der Waals surface area (Å²) in [6, 6.07) is 4.15. The van der Waals surface area contributed by atoms with Crippen LogP contribution in [0.5, 0.6) is 0 Å². The van der Waals surface area contributed by atoms with Crippen molar-refractivity contribution in [3.8, 4) is 0 Å². The Morgan fingerprint density at radius 2 is 1.93 bits per heavy atom. The van der Waals surface area contributed by atoms with Gasteiger partial charge >= 0.3 is 6.18 Å². The molecule has 2 atom stereocenters. The Morgan fingerprint density at radius 3 is 2.46 bits per heavy atom. The molecule has 6 nitrogen and oxygen atoms in total. The van der Waals surface area contributed by atoms with Crippen LogP contribution in [0.15, 0.2) is 47.3 Å². The fourth-order valence-electron chi connectivity index (χ4n) is 2.63. The fraction of sp³-hybridized carbons (Fsp3) is 0.250. The Balaban J connectivity index is 2.09. The van der Waals surface area contributed by atoms with Crippen LogP contribution in [0, 0.1) is 5.82 Å². The quantitative estimate of drug-likeness (QED) is 0.585. The molecule has 2 heterocycles. The summed E-state index contributed by atoms with van der Waals surface area (Å²) in [5, 5.41) is 21.3. The Labute approximate surface area is 163 Å². The van der Waals surface area contributed by atoms with Crippen molar-refractivity contribution >= 4 is 15.9 Å². The topological polar surface area (TPSA) is 76.7 Å². The molecule has 0 aliphatic carbocycles. The molecule has 0 saturated carbocycles. The van der Waals surface area contributed by atoms with Gasteiger partial charge in [-0.25, -0.2) is 13.5 Å². The highest BCUT2D eigenvalue weighted by atomic mass is 79.9. The van der Waals surface area contributed by atoms with E-state index in [4.69, 9.17) is 0 Å². The molecule has 12 heteroatoms. The average Bonchev–Trinajstić information content (AvgIpc) is 3.13. The van der Waals surface area contributed by atoms with Crippen molar-refractivity contribution in [1.82, 2.24) is 25.2 Å². The molecule has 1 aromatic carbocycles. The smallest absolute Gasteiger partial charge is 0.380 e. The summed E-state index contributed by atoms with van der Waals surface area (Å²) in [4.78, 5) is 3.84. The molecule has 0 fully saturated rings. The zero-order valence-corrected chi connectivity index (χ0v) is 15.4. The fourth-order valence-corrected chi connectivity index (χ4v) is 2.86. The Bertz CT molecular complexity index is 951. The Kier molecular flexibility index (Phi) is 5.44. The maximum absolute atomic E-state index is 15.3. The van der Waals surface area contributed by atoms with E-state index in [0.717, 1.165) is 11.0 Å². The first-order valence-corrected chi connectivity index (χ1v) is 8.46. The first-order valence-electron chi connectivity index (χ1n) is 7.67. The minimum Gasteiger partial charge on any atom is -0.380 e. The molecule has 2 aromatic heterocycles. The second-order valence-electron chi connectivity index (χ2n) is 5.89. The van der Waals surface area contributed by atoms with Gasteiger partial charge < -0.3 is 5.11 Å². The van der Waals surface area contributed by atoms with Gasteiger partial charge in [0.15, 0.2) is 6.17 Å². The molecule has 0 bridgehead atoms. The van der Waals surface area contributed by atoms with E-state index < -0.39 is 41.4 Å². The predicted molar refractivity (Wildman–Crippen MR) is 88.9 cm³/mol. The van der Waals surface area contributed by atoms with Gasteiger partial charge in [0, 0.05) is 16.2 Å². The molecule has 0 spiro atoms. The van der Waals surface area contributed by atoms with Gasteiger partial charge in [0.25, 0.3) is 0 Å². The second-order valence-corrected chi connectivity index (χ2v) is 6.80. The minimum atomic E-state index is -4.80. The van der Waals surface area contributed by atoms with E-state index in [9.17, 15) is 22.7 Å². The molecule has 0 saturated heterocycles. The average molecular weight is 464 g/mol. The third-order valence-corrected chi connectivity index (χ3v) is 4.46. The maximum Gasteiger partial charge on any atom is 0.416 e. The predicted octanol–water partition coefficient (Wildman–Crippen LogP) is 3.59. The Morgan fingerprint density at radius 1 is 1.18 bits per heavy atom. The van der Waals surface area contributed by atoms with Crippen LogP contribution in [0.1, 0.15) is 23.0 Å². The lowest BCUT2D eigenvalue weighted by molar-refractivity contribution is -0.137. The van der Waals surface area contributed by atoms with Crippen LogP contribution in [-0.4, -0.2) is 30.3 Å². The number of aliphatic hydroxyl groups is 1.